The van der Waals surface area contributed by atoms with Crippen LogP contribution in [0.4, 0.5) is 8.78 Å². The van der Waals surface area contributed by atoms with Crippen LogP contribution in [-0.2, 0) is 19.1 Å². The third-order valence-electron chi connectivity index (χ3n) is 3.95. The Bertz CT molecular complexity index is 776. The van der Waals surface area contributed by atoms with E-state index in [1.165, 1.54) is 0 Å². The van der Waals surface area contributed by atoms with Gasteiger partial charge in [0.1, 0.15) is 5.82 Å². The van der Waals surface area contributed by atoms with Crippen molar-refractivity contribution in [3.8, 4) is 5.75 Å². The van der Waals surface area contributed by atoms with Gasteiger partial charge in [0.15, 0.2) is 11.6 Å². The molecule has 1 aromatic rings. The van der Waals surface area contributed by atoms with E-state index in [1.54, 1.807) is 13.8 Å². The van der Waals surface area contributed by atoms with Crippen molar-refractivity contribution in [2.75, 3.05) is 14.2 Å². The summed E-state index contributed by atoms with van der Waals surface area (Å²) in [7, 11) is 2.27. The fourth-order valence-corrected chi connectivity index (χ4v) is 2.84. The van der Waals surface area contributed by atoms with Gasteiger partial charge in [-0.25, -0.2) is 18.4 Å². The SMILES string of the molecule is COC(=O)C1=C(C)NC(C)=C(C(=O)OC)C1c1cc(F)c(O)cc1F. The van der Waals surface area contributed by atoms with Crippen LogP contribution in [0.15, 0.2) is 34.7 Å². The summed E-state index contributed by atoms with van der Waals surface area (Å²) in [5.74, 6) is -5.81. The van der Waals surface area contributed by atoms with Crippen molar-refractivity contribution in [1.82, 2.24) is 5.32 Å². The molecular formula is C17H17F2NO5. The van der Waals surface area contributed by atoms with Gasteiger partial charge in [-0.2, -0.15) is 0 Å². The van der Waals surface area contributed by atoms with Crippen LogP contribution >= 0.6 is 0 Å². The smallest absolute Gasteiger partial charge is 0.336 e. The Morgan fingerprint density at radius 1 is 1.00 bits per heavy atom. The zero-order chi connectivity index (χ0) is 18.9. The van der Waals surface area contributed by atoms with Crippen molar-refractivity contribution in [1.29, 1.82) is 0 Å². The molecule has 0 aliphatic carbocycles. The van der Waals surface area contributed by atoms with Crippen LogP contribution in [0.25, 0.3) is 0 Å². The predicted molar refractivity (Wildman–Crippen MR) is 83.3 cm³/mol. The number of aromatic hydroxyl groups is 1. The van der Waals surface area contributed by atoms with Gasteiger partial charge >= 0.3 is 11.9 Å². The minimum absolute atomic E-state index is 0.0579. The highest BCUT2D eigenvalue weighted by molar-refractivity contribution is 5.99. The average Bonchev–Trinajstić information content (AvgIpc) is 2.56. The van der Waals surface area contributed by atoms with Gasteiger partial charge in [0.2, 0.25) is 0 Å². The molecule has 2 rings (SSSR count). The number of benzene rings is 1. The first-order chi connectivity index (χ1) is 11.7. The molecule has 0 spiro atoms. The Morgan fingerprint density at radius 2 is 1.48 bits per heavy atom. The number of dihydropyridines is 1. The van der Waals surface area contributed by atoms with E-state index in [4.69, 9.17) is 9.47 Å². The first kappa shape index (κ1) is 18.4. The van der Waals surface area contributed by atoms with E-state index in [2.05, 4.69) is 5.32 Å². The van der Waals surface area contributed by atoms with E-state index in [0.29, 0.717) is 17.5 Å². The summed E-state index contributed by atoms with van der Waals surface area (Å²) in [6, 6.07) is 1.33. The second-order valence-electron chi connectivity index (χ2n) is 5.44. The lowest BCUT2D eigenvalue weighted by atomic mass is 9.80. The number of phenolic OH excluding ortho intramolecular Hbond substituents is 1. The first-order valence-electron chi connectivity index (χ1n) is 7.26. The van der Waals surface area contributed by atoms with E-state index >= 15 is 0 Å². The summed E-state index contributed by atoms with van der Waals surface area (Å²) in [5, 5.41) is 12.2. The van der Waals surface area contributed by atoms with E-state index in [-0.39, 0.29) is 16.7 Å². The zero-order valence-corrected chi connectivity index (χ0v) is 14.1. The Balaban J connectivity index is 2.80. The molecule has 0 unspecified atom stereocenters. The number of ether oxygens (including phenoxy) is 2. The lowest BCUT2D eigenvalue weighted by Gasteiger charge is -2.30. The molecule has 2 N–H and O–H groups in total. The molecule has 1 aliphatic heterocycles. The van der Waals surface area contributed by atoms with Crippen molar-refractivity contribution < 1.29 is 33.0 Å². The minimum atomic E-state index is -1.25. The van der Waals surface area contributed by atoms with Crippen molar-refractivity contribution in [2.45, 2.75) is 19.8 Å². The van der Waals surface area contributed by atoms with Crippen molar-refractivity contribution in [3.05, 3.63) is 51.9 Å². The Labute approximate surface area is 142 Å². The van der Waals surface area contributed by atoms with E-state index in [9.17, 15) is 23.5 Å². The van der Waals surface area contributed by atoms with Crippen LogP contribution in [0.5, 0.6) is 5.75 Å². The predicted octanol–water partition coefficient (Wildman–Crippen LogP) is 2.25. The largest absolute Gasteiger partial charge is 0.505 e. The van der Waals surface area contributed by atoms with Crippen LogP contribution in [-0.4, -0.2) is 31.3 Å². The van der Waals surface area contributed by atoms with Crippen molar-refractivity contribution in [3.63, 3.8) is 0 Å². The van der Waals surface area contributed by atoms with E-state index < -0.39 is 35.2 Å². The molecule has 0 saturated heterocycles. The van der Waals surface area contributed by atoms with Gasteiger partial charge in [-0.1, -0.05) is 0 Å². The van der Waals surface area contributed by atoms with Gasteiger partial charge in [-0.15, -0.1) is 0 Å². The lowest BCUT2D eigenvalue weighted by molar-refractivity contribution is -0.137. The summed E-state index contributed by atoms with van der Waals surface area (Å²) >= 11 is 0. The second-order valence-corrected chi connectivity index (χ2v) is 5.44. The first-order valence-corrected chi connectivity index (χ1v) is 7.26. The third kappa shape index (κ3) is 3.19. The van der Waals surface area contributed by atoms with Crippen LogP contribution in [0.1, 0.15) is 25.3 Å². The summed E-state index contributed by atoms with van der Waals surface area (Å²) in [4.78, 5) is 24.5. The summed E-state index contributed by atoms with van der Waals surface area (Å²) in [5.41, 5.74) is 0.246. The normalized spacial score (nSPS) is 15.1. The molecule has 134 valence electrons. The van der Waals surface area contributed by atoms with Crippen LogP contribution in [0.2, 0.25) is 0 Å². The maximum Gasteiger partial charge on any atom is 0.336 e. The average molecular weight is 353 g/mol. The maximum absolute atomic E-state index is 14.5. The fourth-order valence-electron chi connectivity index (χ4n) is 2.84. The number of nitrogens with one attached hydrogen (secondary N) is 1. The molecule has 1 aliphatic rings. The van der Waals surface area contributed by atoms with E-state index in [0.717, 1.165) is 20.3 Å². The number of phenols is 1. The molecule has 6 nitrogen and oxygen atoms in total. The number of carbonyl (C=O) groups excluding carboxylic acids is 2. The summed E-state index contributed by atoms with van der Waals surface area (Å²) in [6.07, 6.45) is 0. The Kier molecular flexibility index (Phi) is 5.10. The molecule has 1 heterocycles. The summed E-state index contributed by atoms with van der Waals surface area (Å²) < 4.78 is 37.7. The lowest BCUT2D eigenvalue weighted by Crippen LogP contribution is -2.32. The monoisotopic (exact) mass is 353 g/mol. The standard InChI is InChI=1S/C17H17F2NO5/c1-7-13(16(22)24-3)15(14(8(2)20-7)17(23)25-4)9-5-11(19)12(21)6-10(9)18/h5-6,15,20-21H,1-4H3. The van der Waals surface area contributed by atoms with Gasteiger partial charge in [-0.3, -0.25) is 0 Å². The molecule has 1 aromatic carbocycles. The highest BCUT2D eigenvalue weighted by atomic mass is 19.1. The maximum atomic E-state index is 14.5. The van der Waals surface area contributed by atoms with Gasteiger partial charge in [0, 0.05) is 23.0 Å². The number of hydrogen-bond donors (Lipinski definition) is 2. The van der Waals surface area contributed by atoms with Gasteiger partial charge in [-0.05, 0) is 19.9 Å². The quantitative estimate of drug-likeness (QED) is 0.811. The molecule has 8 heteroatoms. The zero-order valence-electron chi connectivity index (χ0n) is 14.1. The molecule has 0 aromatic heterocycles. The third-order valence-corrected chi connectivity index (χ3v) is 3.95. The number of esters is 2. The topological polar surface area (TPSA) is 84.9 Å². The number of halogens is 2. The van der Waals surface area contributed by atoms with Gasteiger partial charge in [0.05, 0.1) is 31.3 Å². The number of rotatable bonds is 3. The molecule has 0 atom stereocenters. The molecule has 0 amide bonds. The molecule has 0 radical (unpaired) electrons. The van der Waals surface area contributed by atoms with Gasteiger partial charge in [0.25, 0.3) is 0 Å². The number of hydrogen-bond acceptors (Lipinski definition) is 6. The molecule has 0 fully saturated rings. The highest BCUT2D eigenvalue weighted by Gasteiger charge is 2.39. The molecule has 0 saturated carbocycles. The summed E-state index contributed by atoms with van der Waals surface area (Å²) in [6.45, 7) is 3.09. The van der Waals surface area contributed by atoms with Crippen molar-refractivity contribution in [2.24, 2.45) is 0 Å². The number of allylic oxidation sites excluding steroid dienone is 2. The highest BCUT2D eigenvalue weighted by Crippen LogP contribution is 2.41. The molecule has 25 heavy (non-hydrogen) atoms. The molecular weight excluding hydrogens is 336 g/mol. The second kappa shape index (κ2) is 6.92. The number of carbonyl (C=O) groups is 2. The van der Waals surface area contributed by atoms with E-state index in [1.807, 2.05) is 0 Å². The fraction of sp³-hybridized carbons (Fsp3) is 0.294. The Hall–Kier alpha value is -2.90. The van der Waals surface area contributed by atoms with Gasteiger partial charge < -0.3 is 19.9 Å². The van der Waals surface area contributed by atoms with Crippen LogP contribution in [0.3, 0.4) is 0 Å². The van der Waals surface area contributed by atoms with Crippen LogP contribution < -0.4 is 5.32 Å². The van der Waals surface area contributed by atoms with Crippen molar-refractivity contribution >= 4 is 11.9 Å². The Morgan fingerprint density at radius 3 is 1.92 bits per heavy atom. The minimum Gasteiger partial charge on any atom is -0.505 e. The molecule has 0 bridgehead atoms. The van der Waals surface area contributed by atoms with Crippen LogP contribution in [0, 0.1) is 11.6 Å². The number of methoxy groups -OCH3 is 2.